The Morgan fingerprint density at radius 1 is 1.22 bits per heavy atom. The number of carbonyl (C=O) groups is 1. The van der Waals surface area contributed by atoms with Crippen molar-refractivity contribution in [3.8, 4) is 0 Å². The lowest BCUT2D eigenvalue weighted by Crippen LogP contribution is -2.24. The molecular weight excluding hydrogens is 304 g/mol. The van der Waals surface area contributed by atoms with Gasteiger partial charge in [-0.3, -0.25) is 4.79 Å². The van der Waals surface area contributed by atoms with Crippen LogP contribution in [-0.2, 0) is 25.7 Å². The Morgan fingerprint density at radius 3 is 2.74 bits per heavy atom. The van der Waals surface area contributed by atoms with Gasteiger partial charge in [-0.15, -0.1) is 11.3 Å². The number of aryl methyl sites for hydroxylation is 4. The highest BCUT2D eigenvalue weighted by atomic mass is 32.1. The number of hydrogen-bond acceptors (Lipinski definition) is 3. The second kappa shape index (κ2) is 7.73. The molecule has 1 heterocycles. The number of thiazole rings is 1. The van der Waals surface area contributed by atoms with Crippen molar-refractivity contribution < 1.29 is 4.79 Å². The van der Waals surface area contributed by atoms with Crippen LogP contribution in [0.15, 0.2) is 24.3 Å². The van der Waals surface area contributed by atoms with Crippen LogP contribution in [0, 0.1) is 0 Å². The normalized spacial score (nSPS) is 13.6. The van der Waals surface area contributed by atoms with Crippen LogP contribution in [0.1, 0.15) is 57.7 Å². The molecule has 1 aliphatic carbocycles. The van der Waals surface area contributed by atoms with Gasteiger partial charge in [0.2, 0.25) is 0 Å². The lowest BCUT2D eigenvalue weighted by molar-refractivity contribution is 0.0953. The number of benzene rings is 1. The molecule has 1 aromatic heterocycles. The van der Waals surface area contributed by atoms with Gasteiger partial charge in [-0.05, 0) is 56.2 Å². The summed E-state index contributed by atoms with van der Waals surface area (Å²) in [6.07, 6.45) is 7.86. The molecule has 0 spiro atoms. The Balaban J connectivity index is 1.43. The van der Waals surface area contributed by atoms with Crippen molar-refractivity contribution in [1.82, 2.24) is 10.3 Å². The van der Waals surface area contributed by atoms with Crippen molar-refractivity contribution in [3.63, 3.8) is 0 Å². The van der Waals surface area contributed by atoms with Crippen LogP contribution in [0.4, 0.5) is 0 Å². The molecule has 3 rings (SSSR count). The molecule has 3 nitrogen and oxygen atoms in total. The summed E-state index contributed by atoms with van der Waals surface area (Å²) in [5.41, 5.74) is 3.33. The van der Waals surface area contributed by atoms with Crippen molar-refractivity contribution in [2.45, 2.75) is 51.9 Å². The minimum Gasteiger partial charge on any atom is -0.352 e. The van der Waals surface area contributed by atoms with Gasteiger partial charge >= 0.3 is 0 Å². The fourth-order valence-corrected chi connectivity index (χ4v) is 4.15. The van der Waals surface area contributed by atoms with Crippen LogP contribution >= 0.6 is 11.3 Å². The number of aromatic nitrogens is 1. The summed E-state index contributed by atoms with van der Waals surface area (Å²) >= 11 is 1.87. The van der Waals surface area contributed by atoms with E-state index in [-0.39, 0.29) is 5.91 Å². The maximum atomic E-state index is 12.1. The van der Waals surface area contributed by atoms with E-state index < -0.39 is 0 Å². The van der Waals surface area contributed by atoms with Crippen LogP contribution in [0.5, 0.6) is 0 Å². The molecule has 2 aromatic rings. The van der Waals surface area contributed by atoms with E-state index in [4.69, 9.17) is 4.98 Å². The molecule has 1 amide bonds. The molecular formula is C19H24N2OS. The first-order valence-electron chi connectivity index (χ1n) is 8.61. The van der Waals surface area contributed by atoms with Gasteiger partial charge in [-0.25, -0.2) is 4.98 Å². The van der Waals surface area contributed by atoms with Crippen molar-refractivity contribution in [3.05, 3.63) is 51.0 Å². The highest BCUT2D eigenvalue weighted by molar-refractivity contribution is 7.11. The molecule has 4 heteroatoms. The summed E-state index contributed by atoms with van der Waals surface area (Å²) in [5.74, 6) is 0.0195. The molecule has 1 aromatic carbocycles. The second-order valence-electron chi connectivity index (χ2n) is 6.09. The van der Waals surface area contributed by atoms with Crippen LogP contribution in [0.25, 0.3) is 0 Å². The average molecular weight is 328 g/mol. The van der Waals surface area contributed by atoms with Crippen molar-refractivity contribution in [2.24, 2.45) is 0 Å². The Kier molecular flexibility index (Phi) is 5.44. The number of nitrogens with zero attached hydrogens (tertiary/aromatic N) is 1. The molecule has 1 N–H and O–H groups in total. The van der Waals surface area contributed by atoms with E-state index in [9.17, 15) is 4.79 Å². The minimum atomic E-state index is 0.0195. The first kappa shape index (κ1) is 16.2. The Bertz CT molecular complexity index is 637. The maximum Gasteiger partial charge on any atom is 0.251 e. The van der Waals surface area contributed by atoms with E-state index in [0.29, 0.717) is 6.54 Å². The summed E-state index contributed by atoms with van der Waals surface area (Å²) in [5, 5.41) is 4.24. The van der Waals surface area contributed by atoms with E-state index in [2.05, 4.69) is 12.2 Å². The lowest BCUT2D eigenvalue weighted by atomic mass is 10.0. The van der Waals surface area contributed by atoms with E-state index in [1.807, 2.05) is 35.6 Å². The number of fused-ring (bicyclic) bond motifs is 1. The Morgan fingerprint density at radius 2 is 2.00 bits per heavy atom. The van der Waals surface area contributed by atoms with Gasteiger partial charge in [0.1, 0.15) is 0 Å². The van der Waals surface area contributed by atoms with Crippen molar-refractivity contribution in [2.75, 3.05) is 6.54 Å². The van der Waals surface area contributed by atoms with Gasteiger partial charge in [0, 0.05) is 23.4 Å². The van der Waals surface area contributed by atoms with Crippen molar-refractivity contribution in [1.29, 1.82) is 0 Å². The largest absolute Gasteiger partial charge is 0.352 e. The molecule has 0 aliphatic heterocycles. The third-order valence-corrected chi connectivity index (χ3v) is 5.58. The quantitative estimate of drug-likeness (QED) is 0.816. The molecule has 0 radical (unpaired) electrons. The predicted octanol–water partition coefficient (Wildman–Crippen LogP) is 3.95. The van der Waals surface area contributed by atoms with Crippen LogP contribution in [0.2, 0.25) is 0 Å². The van der Waals surface area contributed by atoms with Crippen LogP contribution in [-0.4, -0.2) is 17.4 Å². The highest BCUT2D eigenvalue weighted by Gasteiger charge is 2.14. The molecule has 0 fully saturated rings. The molecule has 23 heavy (non-hydrogen) atoms. The van der Waals surface area contributed by atoms with Gasteiger partial charge in [0.15, 0.2) is 0 Å². The second-order valence-corrected chi connectivity index (χ2v) is 7.26. The Hall–Kier alpha value is -1.68. The van der Waals surface area contributed by atoms with Crippen LogP contribution in [0.3, 0.4) is 0 Å². The van der Waals surface area contributed by atoms with Crippen LogP contribution < -0.4 is 5.32 Å². The Labute approximate surface area is 142 Å². The highest BCUT2D eigenvalue weighted by Crippen LogP contribution is 2.27. The topological polar surface area (TPSA) is 42.0 Å². The van der Waals surface area contributed by atoms with Gasteiger partial charge < -0.3 is 5.32 Å². The molecule has 122 valence electrons. The van der Waals surface area contributed by atoms with E-state index >= 15 is 0 Å². The number of carbonyl (C=O) groups excluding carboxylic acids is 1. The maximum absolute atomic E-state index is 12.1. The number of nitrogens with one attached hydrogen (secondary N) is 1. The molecule has 0 saturated carbocycles. The van der Waals surface area contributed by atoms with Crippen molar-refractivity contribution >= 4 is 17.2 Å². The fourth-order valence-electron chi connectivity index (χ4n) is 2.95. The molecule has 0 bridgehead atoms. The zero-order chi connectivity index (χ0) is 16.1. The summed E-state index contributed by atoms with van der Waals surface area (Å²) in [7, 11) is 0. The third-order valence-electron chi connectivity index (χ3n) is 4.37. The van der Waals surface area contributed by atoms with Gasteiger partial charge in [-0.1, -0.05) is 19.1 Å². The van der Waals surface area contributed by atoms with E-state index in [0.717, 1.165) is 31.2 Å². The van der Waals surface area contributed by atoms with Gasteiger partial charge in [0.25, 0.3) is 5.91 Å². The standard InChI is InChI=1S/C19H24N2OS/c1-2-14-9-11-15(12-10-14)19(22)20-13-5-8-18-21-16-6-3-4-7-17(16)23-18/h9-12H,2-8,13H2,1H3,(H,20,22). The first-order chi connectivity index (χ1) is 11.3. The van der Waals surface area contributed by atoms with Gasteiger partial charge in [-0.2, -0.15) is 0 Å². The molecule has 0 atom stereocenters. The summed E-state index contributed by atoms with van der Waals surface area (Å²) in [4.78, 5) is 18.3. The van der Waals surface area contributed by atoms with E-state index in [1.165, 1.54) is 40.4 Å². The summed E-state index contributed by atoms with van der Waals surface area (Å²) in [6.45, 7) is 2.82. The van der Waals surface area contributed by atoms with Gasteiger partial charge in [0.05, 0.1) is 10.7 Å². The summed E-state index contributed by atoms with van der Waals surface area (Å²) in [6, 6.07) is 7.86. The zero-order valence-electron chi connectivity index (χ0n) is 13.7. The number of amides is 1. The number of hydrogen-bond donors (Lipinski definition) is 1. The average Bonchev–Trinajstić information content (AvgIpc) is 3.01. The molecule has 0 saturated heterocycles. The lowest BCUT2D eigenvalue weighted by Gasteiger charge is -2.06. The summed E-state index contributed by atoms with van der Waals surface area (Å²) < 4.78 is 0. The predicted molar refractivity (Wildman–Crippen MR) is 95.2 cm³/mol. The fraction of sp³-hybridized carbons (Fsp3) is 0.474. The number of rotatable bonds is 6. The third kappa shape index (κ3) is 4.20. The SMILES string of the molecule is CCc1ccc(C(=O)NCCCc2nc3c(s2)CCCC3)cc1. The first-order valence-corrected chi connectivity index (χ1v) is 9.42. The molecule has 1 aliphatic rings. The monoisotopic (exact) mass is 328 g/mol. The van der Waals surface area contributed by atoms with E-state index in [1.54, 1.807) is 0 Å². The molecule has 0 unspecified atom stereocenters. The zero-order valence-corrected chi connectivity index (χ0v) is 14.5. The smallest absolute Gasteiger partial charge is 0.251 e. The minimum absolute atomic E-state index is 0.0195.